The molecule has 0 aromatic heterocycles. The maximum Gasteiger partial charge on any atom is 0.153 e. The maximum absolute atomic E-state index is 6.10. The van der Waals surface area contributed by atoms with Gasteiger partial charge in [0.2, 0.25) is 0 Å². The molecule has 13 heavy (non-hydrogen) atoms. The minimum atomic E-state index is -0.950. The monoisotopic (exact) mass is 187 g/mol. The smallest absolute Gasteiger partial charge is 0.153 e. The first kappa shape index (κ1) is 10.9. The fourth-order valence-corrected chi connectivity index (χ4v) is 1.85. The third-order valence-corrected chi connectivity index (χ3v) is 3.00. The van der Waals surface area contributed by atoms with Gasteiger partial charge in [-0.15, -0.1) is 0 Å². The van der Waals surface area contributed by atoms with E-state index in [2.05, 4.69) is 5.32 Å². The highest BCUT2D eigenvalue weighted by molar-refractivity contribution is 5.03. The van der Waals surface area contributed by atoms with Gasteiger partial charge in [-0.05, 0) is 13.0 Å². The Bertz CT molecular complexity index is 181. The van der Waals surface area contributed by atoms with Crippen molar-refractivity contribution in [3.63, 3.8) is 0 Å². The summed E-state index contributed by atoms with van der Waals surface area (Å²) in [6.07, 6.45) is 0.719. The van der Waals surface area contributed by atoms with Crippen LogP contribution < -0.4 is 22.5 Å². The van der Waals surface area contributed by atoms with Crippen molar-refractivity contribution in [3.8, 4) is 0 Å². The summed E-state index contributed by atoms with van der Waals surface area (Å²) in [5.74, 6) is -0.950. The SMILES string of the molecule is CCN1CCNC(N)(CC)C1(N)N. The minimum Gasteiger partial charge on any atom is -0.309 e. The summed E-state index contributed by atoms with van der Waals surface area (Å²) in [4.78, 5) is 2.01. The van der Waals surface area contributed by atoms with Crippen molar-refractivity contribution in [2.24, 2.45) is 17.2 Å². The summed E-state index contributed by atoms with van der Waals surface area (Å²) < 4.78 is 0. The van der Waals surface area contributed by atoms with Crippen LogP contribution >= 0.6 is 0 Å². The van der Waals surface area contributed by atoms with Crippen molar-refractivity contribution in [2.75, 3.05) is 19.6 Å². The largest absolute Gasteiger partial charge is 0.309 e. The van der Waals surface area contributed by atoms with E-state index in [0.717, 1.165) is 26.1 Å². The number of nitrogens with zero attached hydrogens (tertiary/aromatic N) is 1. The molecule has 0 amide bonds. The van der Waals surface area contributed by atoms with Crippen LogP contribution in [0.4, 0.5) is 0 Å². The van der Waals surface area contributed by atoms with E-state index in [1.165, 1.54) is 0 Å². The minimum absolute atomic E-state index is 0.679. The molecule has 0 radical (unpaired) electrons. The van der Waals surface area contributed by atoms with Gasteiger partial charge >= 0.3 is 0 Å². The van der Waals surface area contributed by atoms with Crippen LogP contribution in [-0.2, 0) is 0 Å². The molecule has 1 aliphatic rings. The summed E-state index contributed by atoms with van der Waals surface area (Å²) in [6, 6.07) is 0. The second-order valence-electron chi connectivity index (χ2n) is 3.66. The van der Waals surface area contributed by atoms with Gasteiger partial charge < -0.3 is 5.73 Å². The van der Waals surface area contributed by atoms with Crippen LogP contribution in [0.3, 0.4) is 0 Å². The van der Waals surface area contributed by atoms with E-state index in [-0.39, 0.29) is 0 Å². The molecule has 5 heteroatoms. The van der Waals surface area contributed by atoms with E-state index < -0.39 is 11.4 Å². The molecule has 0 aliphatic carbocycles. The van der Waals surface area contributed by atoms with Crippen molar-refractivity contribution in [2.45, 2.75) is 31.7 Å². The number of likely N-dealkylation sites (N-methyl/N-ethyl adjacent to an activating group) is 1. The van der Waals surface area contributed by atoms with Gasteiger partial charge in [-0.25, -0.2) is 0 Å². The molecule has 5 nitrogen and oxygen atoms in total. The van der Waals surface area contributed by atoms with Crippen molar-refractivity contribution in [3.05, 3.63) is 0 Å². The average molecular weight is 187 g/mol. The lowest BCUT2D eigenvalue weighted by Gasteiger charge is -2.53. The van der Waals surface area contributed by atoms with Crippen LogP contribution in [0.25, 0.3) is 0 Å². The fourth-order valence-electron chi connectivity index (χ4n) is 1.85. The Balaban J connectivity index is 2.87. The van der Waals surface area contributed by atoms with Gasteiger partial charge in [-0.3, -0.25) is 21.7 Å². The molecule has 1 fully saturated rings. The lowest BCUT2D eigenvalue weighted by molar-refractivity contribution is -0.0265. The number of nitrogens with two attached hydrogens (primary N) is 3. The van der Waals surface area contributed by atoms with Gasteiger partial charge in [0.1, 0.15) is 5.66 Å². The maximum atomic E-state index is 6.10. The summed E-state index contributed by atoms with van der Waals surface area (Å²) in [7, 11) is 0. The van der Waals surface area contributed by atoms with Crippen molar-refractivity contribution >= 4 is 0 Å². The van der Waals surface area contributed by atoms with Crippen LogP contribution in [-0.4, -0.2) is 36.0 Å². The van der Waals surface area contributed by atoms with E-state index in [9.17, 15) is 0 Å². The van der Waals surface area contributed by atoms with Gasteiger partial charge in [-0.2, -0.15) is 0 Å². The van der Waals surface area contributed by atoms with Crippen molar-refractivity contribution in [1.29, 1.82) is 0 Å². The number of hydrogen-bond donors (Lipinski definition) is 4. The van der Waals surface area contributed by atoms with E-state index >= 15 is 0 Å². The van der Waals surface area contributed by atoms with Crippen molar-refractivity contribution < 1.29 is 0 Å². The standard InChI is InChI=1S/C8H21N5/c1-3-7(9)8(10,11)13(4-2)6-5-12-7/h12H,3-6,9-11H2,1-2H3. The first-order valence-corrected chi connectivity index (χ1v) is 4.84. The van der Waals surface area contributed by atoms with Gasteiger partial charge in [0.15, 0.2) is 5.79 Å². The molecule has 7 N–H and O–H groups in total. The van der Waals surface area contributed by atoms with Gasteiger partial charge in [-0.1, -0.05) is 13.8 Å². The van der Waals surface area contributed by atoms with Crippen molar-refractivity contribution in [1.82, 2.24) is 10.2 Å². The Hall–Kier alpha value is -0.200. The Morgan fingerprint density at radius 3 is 2.38 bits per heavy atom. The highest BCUT2D eigenvalue weighted by Crippen LogP contribution is 2.20. The van der Waals surface area contributed by atoms with E-state index in [4.69, 9.17) is 17.2 Å². The van der Waals surface area contributed by atoms with Gasteiger partial charge in [0.25, 0.3) is 0 Å². The zero-order valence-corrected chi connectivity index (χ0v) is 8.51. The van der Waals surface area contributed by atoms with Gasteiger partial charge in [0.05, 0.1) is 0 Å². The normalized spacial score (nSPS) is 34.8. The molecule has 1 rings (SSSR count). The molecule has 0 aromatic rings. The fraction of sp³-hybridized carbons (Fsp3) is 1.00. The molecular formula is C8H21N5. The molecule has 1 unspecified atom stereocenters. The Kier molecular flexibility index (Phi) is 2.94. The molecule has 1 saturated heterocycles. The molecule has 1 heterocycles. The molecule has 1 aliphatic heterocycles. The Labute approximate surface area is 79.6 Å². The third kappa shape index (κ3) is 1.58. The van der Waals surface area contributed by atoms with E-state index in [0.29, 0.717) is 0 Å². The lowest BCUT2D eigenvalue weighted by Crippen LogP contribution is -2.86. The predicted octanol–water partition coefficient (Wildman–Crippen LogP) is -1.45. The number of hydrogen-bond acceptors (Lipinski definition) is 5. The highest BCUT2D eigenvalue weighted by Gasteiger charge is 2.48. The van der Waals surface area contributed by atoms with Crippen LogP contribution in [0, 0.1) is 0 Å². The first-order chi connectivity index (χ1) is 5.98. The zero-order chi connectivity index (χ0) is 10.1. The number of rotatable bonds is 2. The first-order valence-electron chi connectivity index (χ1n) is 4.84. The highest BCUT2D eigenvalue weighted by atomic mass is 15.5. The lowest BCUT2D eigenvalue weighted by atomic mass is 9.95. The summed E-state index contributed by atoms with van der Waals surface area (Å²) in [6.45, 7) is 6.54. The second-order valence-corrected chi connectivity index (χ2v) is 3.66. The van der Waals surface area contributed by atoms with Gasteiger partial charge in [0, 0.05) is 13.1 Å². The molecule has 0 bridgehead atoms. The quantitative estimate of drug-likeness (QED) is 0.397. The molecule has 0 aromatic carbocycles. The molecule has 0 spiro atoms. The second kappa shape index (κ2) is 3.51. The summed E-state index contributed by atoms with van der Waals surface area (Å²) >= 11 is 0. The average Bonchev–Trinajstić information content (AvgIpc) is 2.10. The topological polar surface area (TPSA) is 93.3 Å². The Morgan fingerprint density at radius 1 is 1.31 bits per heavy atom. The number of piperazine rings is 1. The molecule has 0 saturated carbocycles. The molecule has 78 valence electrons. The van der Waals surface area contributed by atoms with Crippen LogP contribution in [0.15, 0.2) is 0 Å². The molecule has 1 atom stereocenters. The van der Waals surface area contributed by atoms with Crippen LogP contribution in [0.5, 0.6) is 0 Å². The number of nitrogens with one attached hydrogen (secondary N) is 1. The molecular weight excluding hydrogens is 166 g/mol. The predicted molar refractivity (Wildman–Crippen MR) is 53.6 cm³/mol. The van der Waals surface area contributed by atoms with Crippen LogP contribution in [0.1, 0.15) is 20.3 Å². The van der Waals surface area contributed by atoms with E-state index in [1.54, 1.807) is 0 Å². The summed E-state index contributed by atoms with van der Waals surface area (Å²) in [5.41, 5.74) is 17.5. The third-order valence-electron chi connectivity index (χ3n) is 3.00. The Morgan fingerprint density at radius 2 is 1.92 bits per heavy atom. The van der Waals surface area contributed by atoms with E-state index in [1.807, 2.05) is 18.7 Å². The zero-order valence-electron chi connectivity index (χ0n) is 8.51. The van der Waals surface area contributed by atoms with Crippen LogP contribution in [0.2, 0.25) is 0 Å². The summed E-state index contributed by atoms with van der Waals surface area (Å²) in [5, 5.41) is 3.19.